The highest BCUT2D eigenvalue weighted by Gasteiger charge is 2.19. The molecule has 29 heavy (non-hydrogen) atoms. The van der Waals surface area contributed by atoms with E-state index < -0.39 is 10.0 Å². The smallest absolute Gasteiger partial charge is 0.262 e. The highest BCUT2D eigenvalue weighted by molar-refractivity contribution is 7.92. The van der Waals surface area contributed by atoms with Gasteiger partial charge in [0.05, 0.1) is 17.7 Å². The molecule has 1 amide bonds. The maximum absolute atomic E-state index is 12.9. The first kappa shape index (κ1) is 20.4. The van der Waals surface area contributed by atoms with E-state index >= 15 is 0 Å². The van der Waals surface area contributed by atoms with Crippen LogP contribution in [0.2, 0.25) is 0 Å². The Hall–Kier alpha value is -3.32. The van der Waals surface area contributed by atoms with Gasteiger partial charge in [-0.3, -0.25) is 9.52 Å². The number of benzene rings is 3. The number of amides is 1. The molecule has 0 unspecified atom stereocenters. The van der Waals surface area contributed by atoms with E-state index in [1.807, 2.05) is 37.3 Å². The van der Waals surface area contributed by atoms with Crippen molar-refractivity contribution < 1.29 is 17.9 Å². The molecule has 0 aliphatic rings. The number of nitrogens with one attached hydrogen (secondary N) is 1. The molecule has 0 bridgehead atoms. The van der Waals surface area contributed by atoms with Crippen LogP contribution in [0.25, 0.3) is 0 Å². The molecule has 0 atom stereocenters. The van der Waals surface area contributed by atoms with E-state index in [2.05, 4.69) is 4.72 Å². The van der Waals surface area contributed by atoms with Gasteiger partial charge in [0, 0.05) is 17.8 Å². The van der Waals surface area contributed by atoms with Gasteiger partial charge in [-0.2, -0.15) is 0 Å². The third-order valence-electron chi connectivity index (χ3n) is 4.39. The van der Waals surface area contributed by atoms with Crippen molar-refractivity contribution in [3.63, 3.8) is 0 Å². The van der Waals surface area contributed by atoms with Gasteiger partial charge in [-0.1, -0.05) is 30.3 Å². The van der Waals surface area contributed by atoms with Gasteiger partial charge >= 0.3 is 0 Å². The molecule has 0 aliphatic heterocycles. The van der Waals surface area contributed by atoms with Crippen molar-refractivity contribution in [1.82, 2.24) is 0 Å². The fourth-order valence-corrected chi connectivity index (χ4v) is 3.99. The normalized spacial score (nSPS) is 11.0. The van der Waals surface area contributed by atoms with Gasteiger partial charge in [-0.05, 0) is 55.5 Å². The second kappa shape index (κ2) is 8.79. The quantitative estimate of drug-likeness (QED) is 0.635. The van der Waals surface area contributed by atoms with Gasteiger partial charge in [0.1, 0.15) is 5.75 Å². The average molecular weight is 410 g/mol. The monoisotopic (exact) mass is 410 g/mol. The molecule has 1 N–H and O–H groups in total. The van der Waals surface area contributed by atoms with Crippen LogP contribution in [0.15, 0.2) is 83.8 Å². The number of rotatable bonds is 7. The summed E-state index contributed by atoms with van der Waals surface area (Å²) >= 11 is 0. The van der Waals surface area contributed by atoms with Crippen LogP contribution < -0.4 is 14.4 Å². The topological polar surface area (TPSA) is 75.7 Å². The zero-order valence-corrected chi connectivity index (χ0v) is 17.0. The Balaban J connectivity index is 1.83. The first-order valence-corrected chi connectivity index (χ1v) is 10.6. The summed E-state index contributed by atoms with van der Waals surface area (Å²) in [5, 5.41) is 0. The molecule has 0 radical (unpaired) electrons. The summed E-state index contributed by atoms with van der Waals surface area (Å²) in [6, 6.07) is 22.0. The van der Waals surface area contributed by atoms with Crippen molar-refractivity contribution in [2.75, 3.05) is 23.3 Å². The summed E-state index contributed by atoms with van der Waals surface area (Å²) in [7, 11) is -2.35. The predicted molar refractivity (Wildman–Crippen MR) is 114 cm³/mol. The first-order chi connectivity index (χ1) is 14.0. The first-order valence-electron chi connectivity index (χ1n) is 9.09. The number of carbonyl (C=O) groups is 1. The summed E-state index contributed by atoms with van der Waals surface area (Å²) in [4.78, 5) is 14.5. The van der Waals surface area contributed by atoms with Crippen LogP contribution >= 0.6 is 0 Å². The maximum Gasteiger partial charge on any atom is 0.262 e. The highest BCUT2D eigenvalue weighted by atomic mass is 32.2. The second-order valence-electron chi connectivity index (χ2n) is 6.22. The number of para-hydroxylation sites is 3. The van der Waals surface area contributed by atoms with E-state index in [1.165, 1.54) is 31.4 Å². The van der Waals surface area contributed by atoms with E-state index in [9.17, 15) is 13.2 Å². The van der Waals surface area contributed by atoms with Gasteiger partial charge < -0.3 is 9.64 Å². The van der Waals surface area contributed by atoms with Crippen LogP contribution in [0.4, 0.5) is 11.4 Å². The summed E-state index contributed by atoms with van der Waals surface area (Å²) < 4.78 is 33.1. The molecule has 0 saturated heterocycles. The Labute approximate surface area is 170 Å². The van der Waals surface area contributed by atoms with Crippen LogP contribution in [0.3, 0.4) is 0 Å². The lowest BCUT2D eigenvalue weighted by Crippen LogP contribution is -2.30. The van der Waals surface area contributed by atoms with E-state index in [4.69, 9.17) is 4.74 Å². The van der Waals surface area contributed by atoms with E-state index in [0.717, 1.165) is 5.69 Å². The molecule has 6 nitrogen and oxygen atoms in total. The summed E-state index contributed by atoms with van der Waals surface area (Å²) in [5.74, 6) is 0.227. The summed E-state index contributed by atoms with van der Waals surface area (Å²) in [5.41, 5.74) is 1.54. The average Bonchev–Trinajstić information content (AvgIpc) is 2.75. The molecule has 3 rings (SSSR count). The lowest BCUT2D eigenvalue weighted by molar-refractivity contribution is 0.0988. The van der Waals surface area contributed by atoms with Crippen molar-refractivity contribution >= 4 is 27.3 Å². The molecule has 3 aromatic carbocycles. The molecule has 0 aromatic heterocycles. The van der Waals surface area contributed by atoms with Crippen LogP contribution in [-0.2, 0) is 10.0 Å². The van der Waals surface area contributed by atoms with E-state index in [0.29, 0.717) is 23.5 Å². The number of hydrogen-bond donors (Lipinski definition) is 1. The molecule has 3 aromatic rings. The van der Waals surface area contributed by atoms with E-state index in [-0.39, 0.29) is 10.8 Å². The third-order valence-corrected chi connectivity index (χ3v) is 5.77. The highest BCUT2D eigenvalue weighted by Crippen LogP contribution is 2.26. The van der Waals surface area contributed by atoms with E-state index in [1.54, 1.807) is 29.2 Å². The van der Waals surface area contributed by atoms with Crippen LogP contribution in [0.5, 0.6) is 5.75 Å². The van der Waals surface area contributed by atoms with Crippen molar-refractivity contribution in [1.29, 1.82) is 0 Å². The lowest BCUT2D eigenvalue weighted by atomic mass is 10.2. The SMILES string of the molecule is CCN(C(=O)c1ccc(S(=O)(=O)Nc2ccccc2OC)cc1)c1ccccc1. The molecule has 0 heterocycles. The predicted octanol–water partition coefficient (Wildman–Crippen LogP) is 4.16. The Bertz CT molecular complexity index is 1080. The Morgan fingerprint density at radius 2 is 1.55 bits per heavy atom. The minimum Gasteiger partial charge on any atom is -0.495 e. The standard InChI is InChI=1S/C22H22N2O4S/c1-3-24(18-9-5-4-6-10-18)22(25)17-13-15-19(16-14-17)29(26,27)23-20-11-7-8-12-21(20)28-2/h4-16,23H,3H2,1-2H3. The Kier molecular flexibility index (Phi) is 6.19. The molecular formula is C22H22N2O4S. The fourth-order valence-electron chi connectivity index (χ4n) is 2.92. The fraction of sp³-hybridized carbons (Fsp3) is 0.136. The molecule has 150 valence electrons. The minimum atomic E-state index is -3.82. The molecular weight excluding hydrogens is 388 g/mol. The molecule has 0 spiro atoms. The number of ether oxygens (including phenoxy) is 1. The van der Waals surface area contributed by atoms with Gasteiger partial charge in [0.2, 0.25) is 0 Å². The van der Waals surface area contributed by atoms with Gasteiger partial charge in [-0.15, -0.1) is 0 Å². The zero-order valence-electron chi connectivity index (χ0n) is 16.2. The summed E-state index contributed by atoms with van der Waals surface area (Å²) in [6.45, 7) is 2.39. The molecule has 0 aliphatic carbocycles. The second-order valence-corrected chi connectivity index (χ2v) is 7.90. The van der Waals surface area contributed by atoms with Gasteiger partial charge in [0.15, 0.2) is 0 Å². The van der Waals surface area contributed by atoms with Crippen LogP contribution in [0, 0.1) is 0 Å². The van der Waals surface area contributed by atoms with Crippen LogP contribution in [-0.4, -0.2) is 28.0 Å². The van der Waals surface area contributed by atoms with Crippen molar-refractivity contribution in [2.45, 2.75) is 11.8 Å². The maximum atomic E-state index is 12.9. The van der Waals surface area contributed by atoms with Crippen LogP contribution in [0.1, 0.15) is 17.3 Å². The molecule has 0 fully saturated rings. The summed E-state index contributed by atoms with van der Waals surface area (Å²) in [6.07, 6.45) is 0. The zero-order chi connectivity index (χ0) is 20.9. The number of carbonyl (C=O) groups excluding carboxylic acids is 1. The number of hydrogen-bond acceptors (Lipinski definition) is 4. The lowest BCUT2D eigenvalue weighted by Gasteiger charge is -2.21. The largest absolute Gasteiger partial charge is 0.495 e. The Morgan fingerprint density at radius 3 is 2.17 bits per heavy atom. The third kappa shape index (κ3) is 4.57. The molecule has 0 saturated carbocycles. The Morgan fingerprint density at radius 1 is 0.931 bits per heavy atom. The van der Waals surface area contributed by atoms with Crippen molar-refractivity contribution in [2.24, 2.45) is 0 Å². The van der Waals surface area contributed by atoms with Gasteiger partial charge in [-0.25, -0.2) is 8.42 Å². The van der Waals surface area contributed by atoms with Crippen molar-refractivity contribution in [3.8, 4) is 5.75 Å². The number of nitrogens with zero attached hydrogens (tertiary/aromatic N) is 1. The van der Waals surface area contributed by atoms with Gasteiger partial charge in [0.25, 0.3) is 15.9 Å². The number of sulfonamides is 1. The number of methoxy groups -OCH3 is 1. The molecule has 7 heteroatoms. The minimum absolute atomic E-state index is 0.0581. The number of anilines is 2. The van der Waals surface area contributed by atoms with Crippen molar-refractivity contribution in [3.05, 3.63) is 84.4 Å².